The van der Waals surface area contributed by atoms with Gasteiger partial charge in [0.05, 0.1) is 11.1 Å². The molecule has 0 aromatic heterocycles. The zero-order chi connectivity index (χ0) is 24.8. The minimum Gasteiger partial charge on any atom is -0.482 e. The van der Waals surface area contributed by atoms with Crippen molar-refractivity contribution >= 4 is 17.5 Å². The number of ether oxygens (including phenoxy) is 1. The molecule has 2 heterocycles. The molecule has 3 aromatic rings. The van der Waals surface area contributed by atoms with Crippen LogP contribution in [0.1, 0.15) is 24.0 Å². The molecular formula is C30H33N3O3. The number of nitrogens with zero attached hydrogens (tertiary/aromatic N) is 2. The van der Waals surface area contributed by atoms with E-state index < -0.39 is 5.41 Å². The molecule has 6 nitrogen and oxygen atoms in total. The molecule has 2 aliphatic rings. The van der Waals surface area contributed by atoms with Crippen molar-refractivity contribution in [3.63, 3.8) is 0 Å². The number of amides is 2. The normalized spacial score (nSPS) is 17.2. The van der Waals surface area contributed by atoms with E-state index in [0.29, 0.717) is 13.1 Å². The van der Waals surface area contributed by atoms with E-state index in [1.807, 2.05) is 65.6 Å². The predicted octanol–water partition coefficient (Wildman–Crippen LogP) is 3.80. The summed E-state index contributed by atoms with van der Waals surface area (Å²) in [5, 5.41) is 3.23. The highest BCUT2D eigenvalue weighted by Gasteiger charge is 2.42. The minimum atomic E-state index is -0.532. The Morgan fingerprint density at radius 1 is 0.861 bits per heavy atom. The highest BCUT2D eigenvalue weighted by molar-refractivity contribution is 5.97. The highest BCUT2D eigenvalue weighted by atomic mass is 16.5. The molecule has 0 radical (unpaired) electrons. The van der Waals surface area contributed by atoms with Crippen LogP contribution in [0.25, 0.3) is 0 Å². The van der Waals surface area contributed by atoms with Crippen molar-refractivity contribution in [2.24, 2.45) is 0 Å². The van der Waals surface area contributed by atoms with Crippen LogP contribution in [0.4, 0.5) is 5.69 Å². The zero-order valence-corrected chi connectivity index (χ0v) is 20.6. The molecule has 0 aliphatic carbocycles. The van der Waals surface area contributed by atoms with Gasteiger partial charge in [0.2, 0.25) is 5.91 Å². The summed E-state index contributed by atoms with van der Waals surface area (Å²) >= 11 is 0. The summed E-state index contributed by atoms with van der Waals surface area (Å²) in [5.41, 5.74) is 2.61. The molecule has 2 aliphatic heterocycles. The molecule has 0 unspecified atom stereocenters. The summed E-state index contributed by atoms with van der Waals surface area (Å²) in [6.45, 7) is 3.70. The van der Waals surface area contributed by atoms with Gasteiger partial charge in [-0.1, -0.05) is 72.8 Å². The first kappa shape index (κ1) is 24.1. The molecule has 1 fully saturated rings. The quantitative estimate of drug-likeness (QED) is 0.529. The molecule has 0 atom stereocenters. The molecule has 3 aromatic carbocycles. The lowest BCUT2D eigenvalue weighted by molar-refractivity contribution is -0.128. The zero-order valence-electron chi connectivity index (χ0n) is 20.6. The first-order valence-electron chi connectivity index (χ1n) is 12.8. The highest BCUT2D eigenvalue weighted by Crippen LogP contribution is 2.36. The minimum absolute atomic E-state index is 0.0119. The van der Waals surface area contributed by atoms with Crippen LogP contribution in [0.2, 0.25) is 0 Å². The molecule has 0 bridgehead atoms. The van der Waals surface area contributed by atoms with Crippen LogP contribution in [-0.4, -0.2) is 56.0 Å². The van der Waals surface area contributed by atoms with Crippen molar-refractivity contribution in [3.8, 4) is 5.75 Å². The molecule has 0 spiro atoms. The van der Waals surface area contributed by atoms with Gasteiger partial charge in [0.1, 0.15) is 5.75 Å². The Hall–Kier alpha value is -3.64. The third kappa shape index (κ3) is 5.14. The topological polar surface area (TPSA) is 61.9 Å². The number of para-hydroxylation sites is 2. The molecule has 186 valence electrons. The van der Waals surface area contributed by atoms with E-state index in [-0.39, 0.29) is 18.4 Å². The number of carbonyl (C=O) groups excluding carboxylic acids is 2. The average Bonchev–Trinajstić information content (AvgIpc) is 2.94. The summed E-state index contributed by atoms with van der Waals surface area (Å²) in [6, 6.07) is 28.1. The van der Waals surface area contributed by atoms with E-state index in [4.69, 9.17) is 4.74 Å². The van der Waals surface area contributed by atoms with Crippen molar-refractivity contribution in [2.45, 2.75) is 24.7 Å². The Kier molecular flexibility index (Phi) is 7.33. The average molecular weight is 484 g/mol. The van der Waals surface area contributed by atoms with Crippen molar-refractivity contribution in [1.82, 2.24) is 10.2 Å². The van der Waals surface area contributed by atoms with Crippen LogP contribution >= 0.6 is 0 Å². The SMILES string of the molecule is O=C1COc2ccccc2N1CCN1CCC(C(=O)NCCc2ccccc2)(c2ccccc2)CC1. The number of fused-ring (bicyclic) bond motifs is 1. The maximum Gasteiger partial charge on any atom is 0.265 e. The number of benzene rings is 3. The second kappa shape index (κ2) is 11.0. The third-order valence-electron chi connectivity index (χ3n) is 7.46. The Balaban J connectivity index is 1.22. The fourth-order valence-corrected chi connectivity index (χ4v) is 5.34. The number of likely N-dealkylation sites (tertiary alicyclic amines) is 1. The van der Waals surface area contributed by atoms with Gasteiger partial charge < -0.3 is 19.9 Å². The summed E-state index contributed by atoms with van der Waals surface area (Å²) in [7, 11) is 0. The monoisotopic (exact) mass is 483 g/mol. The van der Waals surface area contributed by atoms with Crippen LogP contribution < -0.4 is 15.0 Å². The maximum absolute atomic E-state index is 13.6. The first-order chi connectivity index (χ1) is 17.7. The maximum atomic E-state index is 13.6. The van der Waals surface area contributed by atoms with E-state index >= 15 is 0 Å². The van der Waals surface area contributed by atoms with Crippen molar-refractivity contribution in [2.75, 3.05) is 44.2 Å². The van der Waals surface area contributed by atoms with Crippen LogP contribution in [0.5, 0.6) is 5.75 Å². The molecule has 0 saturated carbocycles. The Morgan fingerprint density at radius 2 is 1.53 bits per heavy atom. The molecule has 36 heavy (non-hydrogen) atoms. The lowest BCUT2D eigenvalue weighted by Crippen LogP contribution is -2.53. The Morgan fingerprint density at radius 3 is 2.28 bits per heavy atom. The fourth-order valence-electron chi connectivity index (χ4n) is 5.34. The number of piperidine rings is 1. The number of rotatable bonds is 8. The van der Waals surface area contributed by atoms with Gasteiger partial charge in [-0.05, 0) is 55.6 Å². The molecule has 5 rings (SSSR count). The summed E-state index contributed by atoms with van der Waals surface area (Å²) < 4.78 is 5.57. The van der Waals surface area contributed by atoms with Crippen LogP contribution in [-0.2, 0) is 21.4 Å². The van der Waals surface area contributed by atoms with Crippen LogP contribution in [0.15, 0.2) is 84.9 Å². The number of hydrogen-bond acceptors (Lipinski definition) is 4. The van der Waals surface area contributed by atoms with Gasteiger partial charge in [-0.3, -0.25) is 9.59 Å². The van der Waals surface area contributed by atoms with E-state index in [1.165, 1.54) is 5.56 Å². The standard InChI is InChI=1S/C30H33N3O3/c34-28-23-36-27-14-8-7-13-26(27)33(28)22-21-32-19-16-30(17-20-32,25-11-5-2-6-12-25)29(35)31-18-15-24-9-3-1-4-10-24/h1-14H,15-23H2,(H,31,35). The summed E-state index contributed by atoms with van der Waals surface area (Å²) in [6.07, 6.45) is 2.32. The van der Waals surface area contributed by atoms with Gasteiger partial charge in [-0.25, -0.2) is 0 Å². The van der Waals surface area contributed by atoms with E-state index in [9.17, 15) is 9.59 Å². The van der Waals surface area contributed by atoms with E-state index in [2.05, 4.69) is 34.5 Å². The number of carbonyl (C=O) groups is 2. The predicted molar refractivity (Wildman–Crippen MR) is 141 cm³/mol. The lowest BCUT2D eigenvalue weighted by Gasteiger charge is -2.41. The number of hydrogen-bond donors (Lipinski definition) is 1. The second-order valence-corrected chi connectivity index (χ2v) is 9.58. The number of anilines is 1. The van der Waals surface area contributed by atoms with Crippen LogP contribution in [0, 0.1) is 0 Å². The molecular weight excluding hydrogens is 450 g/mol. The summed E-state index contributed by atoms with van der Waals surface area (Å²) in [5.74, 6) is 0.856. The van der Waals surface area contributed by atoms with Gasteiger partial charge in [-0.2, -0.15) is 0 Å². The van der Waals surface area contributed by atoms with Crippen molar-refractivity contribution in [1.29, 1.82) is 0 Å². The Bertz CT molecular complexity index is 1170. The van der Waals surface area contributed by atoms with Crippen LogP contribution in [0.3, 0.4) is 0 Å². The van der Waals surface area contributed by atoms with Crippen molar-refractivity contribution < 1.29 is 14.3 Å². The largest absolute Gasteiger partial charge is 0.482 e. The number of nitrogens with one attached hydrogen (secondary N) is 1. The third-order valence-corrected chi connectivity index (χ3v) is 7.46. The fraction of sp³-hybridized carbons (Fsp3) is 0.333. The second-order valence-electron chi connectivity index (χ2n) is 9.58. The molecule has 1 saturated heterocycles. The molecule has 6 heteroatoms. The molecule has 1 N–H and O–H groups in total. The first-order valence-corrected chi connectivity index (χ1v) is 12.8. The van der Waals surface area contributed by atoms with Gasteiger partial charge in [0, 0.05) is 19.6 Å². The van der Waals surface area contributed by atoms with Crippen molar-refractivity contribution in [3.05, 3.63) is 96.1 Å². The van der Waals surface area contributed by atoms with E-state index in [0.717, 1.165) is 55.9 Å². The summed E-state index contributed by atoms with van der Waals surface area (Å²) in [4.78, 5) is 30.3. The van der Waals surface area contributed by atoms with Gasteiger partial charge in [0.25, 0.3) is 5.91 Å². The smallest absolute Gasteiger partial charge is 0.265 e. The van der Waals surface area contributed by atoms with E-state index in [1.54, 1.807) is 0 Å². The molecule has 2 amide bonds. The van der Waals surface area contributed by atoms with Gasteiger partial charge in [-0.15, -0.1) is 0 Å². The van der Waals surface area contributed by atoms with Gasteiger partial charge >= 0.3 is 0 Å². The Labute approximate surface area is 212 Å². The van der Waals surface area contributed by atoms with Gasteiger partial charge in [0.15, 0.2) is 6.61 Å². The lowest BCUT2D eigenvalue weighted by atomic mass is 9.72.